The monoisotopic (exact) mass is 248 g/mol. The van der Waals surface area contributed by atoms with Crippen LogP contribution >= 0.6 is 0 Å². The first kappa shape index (κ1) is 12.4. The van der Waals surface area contributed by atoms with Crippen molar-refractivity contribution in [3.8, 4) is 0 Å². The van der Waals surface area contributed by atoms with Crippen LogP contribution < -0.4 is 5.32 Å². The zero-order valence-corrected chi connectivity index (χ0v) is 9.56. The lowest BCUT2D eigenvalue weighted by molar-refractivity contribution is -0.142. The van der Waals surface area contributed by atoms with Crippen molar-refractivity contribution in [1.29, 1.82) is 0 Å². The lowest BCUT2D eigenvalue weighted by Gasteiger charge is -2.27. The fraction of sp³-hybridized carbons (Fsp3) is 0.700. The first-order valence-electron chi connectivity index (χ1n) is 5.52. The molecular weight excluding hydrogens is 233 g/mol. The molecule has 1 aromatic heterocycles. The molecule has 96 valence electrons. The summed E-state index contributed by atoms with van der Waals surface area (Å²) in [4.78, 5) is 2.00. The quantitative estimate of drug-likeness (QED) is 0.825. The number of aryl methyl sites for hydroxylation is 1. The van der Waals surface area contributed by atoms with E-state index in [9.17, 15) is 13.2 Å². The molecule has 17 heavy (non-hydrogen) atoms. The van der Waals surface area contributed by atoms with E-state index in [-0.39, 0.29) is 5.56 Å². The van der Waals surface area contributed by atoms with Crippen LogP contribution in [0.4, 0.5) is 13.2 Å². The number of nitrogens with zero attached hydrogens (tertiary/aromatic N) is 2. The molecule has 0 bridgehead atoms. The van der Waals surface area contributed by atoms with Crippen LogP contribution in [-0.2, 0) is 12.7 Å². The summed E-state index contributed by atoms with van der Waals surface area (Å²) in [6, 6.07) is 0. The minimum absolute atomic E-state index is 0.263. The first-order valence-corrected chi connectivity index (χ1v) is 5.52. The molecular formula is C10H15F3N4. The van der Waals surface area contributed by atoms with Gasteiger partial charge in [0.2, 0.25) is 0 Å². The third-order valence-corrected chi connectivity index (χ3v) is 2.93. The zero-order valence-electron chi connectivity index (χ0n) is 9.56. The third-order valence-electron chi connectivity index (χ3n) is 2.93. The minimum atomic E-state index is -4.38. The normalized spacial score (nSPS) is 18.6. The average molecular weight is 248 g/mol. The van der Waals surface area contributed by atoms with Gasteiger partial charge in [-0.15, -0.1) is 0 Å². The van der Waals surface area contributed by atoms with Gasteiger partial charge in [0, 0.05) is 44.0 Å². The maximum Gasteiger partial charge on any atom is 0.435 e. The largest absolute Gasteiger partial charge is 0.435 e. The van der Waals surface area contributed by atoms with Crippen LogP contribution in [0.15, 0.2) is 0 Å². The van der Waals surface area contributed by atoms with Crippen molar-refractivity contribution < 1.29 is 13.2 Å². The Morgan fingerprint density at radius 2 is 1.94 bits per heavy atom. The molecule has 1 saturated heterocycles. The molecule has 0 aromatic carbocycles. The molecule has 0 amide bonds. The van der Waals surface area contributed by atoms with E-state index in [0.29, 0.717) is 12.2 Å². The van der Waals surface area contributed by atoms with E-state index in [2.05, 4.69) is 15.5 Å². The van der Waals surface area contributed by atoms with Crippen LogP contribution in [0, 0.1) is 6.92 Å². The molecule has 0 atom stereocenters. The SMILES string of the molecule is Cc1[nH]nc(C(F)(F)F)c1CN1CCNCC1. The van der Waals surface area contributed by atoms with Gasteiger partial charge in [-0.3, -0.25) is 10.00 Å². The van der Waals surface area contributed by atoms with Gasteiger partial charge in [-0.2, -0.15) is 18.3 Å². The maximum absolute atomic E-state index is 12.7. The summed E-state index contributed by atoms with van der Waals surface area (Å²) < 4.78 is 38.1. The van der Waals surface area contributed by atoms with Gasteiger partial charge >= 0.3 is 6.18 Å². The molecule has 1 fully saturated rings. The van der Waals surface area contributed by atoms with E-state index < -0.39 is 11.9 Å². The zero-order chi connectivity index (χ0) is 12.5. The van der Waals surface area contributed by atoms with Crippen LogP contribution in [0.25, 0.3) is 0 Å². The van der Waals surface area contributed by atoms with Crippen LogP contribution in [0.5, 0.6) is 0 Å². The second kappa shape index (κ2) is 4.66. The van der Waals surface area contributed by atoms with Gasteiger partial charge in [-0.25, -0.2) is 0 Å². The fourth-order valence-corrected chi connectivity index (χ4v) is 1.97. The predicted octanol–water partition coefficient (Wildman–Crippen LogP) is 1.14. The van der Waals surface area contributed by atoms with Crippen molar-refractivity contribution in [1.82, 2.24) is 20.4 Å². The lowest BCUT2D eigenvalue weighted by Crippen LogP contribution is -2.43. The van der Waals surface area contributed by atoms with Crippen molar-refractivity contribution in [3.63, 3.8) is 0 Å². The summed E-state index contributed by atoms with van der Waals surface area (Å²) in [5.41, 5.74) is -0.0243. The Bertz CT molecular complexity index is 379. The van der Waals surface area contributed by atoms with Gasteiger partial charge in [0.15, 0.2) is 5.69 Å². The number of halogens is 3. The van der Waals surface area contributed by atoms with Crippen molar-refractivity contribution in [2.75, 3.05) is 26.2 Å². The van der Waals surface area contributed by atoms with Crippen LogP contribution in [0.3, 0.4) is 0 Å². The highest BCUT2D eigenvalue weighted by Crippen LogP contribution is 2.32. The molecule has 0 saturated carbocycles. The Hall–Kier alpha value is -1.08. The average Bonchev–Trinajstić information content (AvgIpc) is 2.62. The first-order chi connectivity index (χ1) is 7.98. The highest BCUT2D eigenvalue weighted by Gasteiger charge is 2.37. The Balaban J connectivity index is 2.16. The van der Waals surface area contributed by atoms with Gasteiger partial charge in [0.1, 0.15) is 0 Å². The second-order valence-corrected chi connectivity index (χ2v) is 4.20. The van der Waals surface area contributed by atoms with Gasteiger partial charge in [0.25, 0.3) is 0 Å². The standard InChI is InChI=1S/C10H15F3N4/c1-7-8(6-17-4-2-14-3-5-17)9(16-15-7)10(11,12)13/h14H,2-6H2,1H3,(H,15,16). The van der Waals surface area contributed by atoms with E-state index in [0.717, 1.165) is 26.2 Å². The number of aromatic amines is 1. The summed E-state index contributed by atoms with van der Waals surface area (Å²) in [5, 5.41) is 8.95. The number of hydrogen-bond acceptors (Lipinski definition) is 3. The Kier molecular flexibility index (Phi) is 3.39. The van der Waals surface area contributed by atoms with E-state index in [1.54, 1.807) is 6.92 Å². The van der Waals surface area contributed by atoms with Crippen molar-refractivity contribution in [2.45, 2.75) is 19.6 Å². The molecule has 0 aliphatic carbocycles. The van der Waals surface area contributed by atoms with Crippen LogP contribution in [0.2, 0.25) is 0 Å². The molecule has 1 aromatic rings. The second-order valence-electron chi connectivity index (χ2n) is 4.20. The maximum atomic E-state index is 12.7. The van der Waals surface area contributed by atoms with Crippen LogP contribution in [-0.4, -0.2) is 41.3 Å². The number of aromatic nitrogens is 2. The molecule has 4 nitrogen and oxygen atoms in total. The molecule has 2 rings (SSSR count). The predicted molar refractivity (Wildman–Crippen MR) is 56.5 cm³/mol. The van der Waals surface area contributed by atoms with Crippen molar-refractivity contribution in [2.24, 2.45) is 0 Å². The topological polar surface area (TPSA) is 44.0 Å². The molecule has 2 heterocycles. The van der Waals surface area contributed by atoms with E-state index >= 15 is 0 Å². The smallest absolute Gasteiger partial charge is 0.314 e. The number of rotatable bonds is 2. The molecule has 7 heteroatoms. The molecule has 0 unspecified atom stereocenters. The molecule has 0 spiro atoms. The van der Waals surface area contributed by atoms with E-state index in [1.807, 2.05) is 4.90 Å². The van der Waals surface area contributed by atoms with Crippen LogP contribution in [0.1, 0.15) is 17.0 Å². The Labute approximate surface area is 97.2 Å². The molecule has 1 aliphatic rings. The van der Waals surface area contributed by atoms with Gasteiger partial charge in [0.05, 0.1) is 0 Å². The van der Waals surface area contributed by atoms with Gasteiger partial charge < -0.3 is 5.32 Å². The highest BCUT2D eigenvalue weighted by atomic mass is 19.4. The number of nitrogens with one attached hydrogen (secondary N) is 2. The van der Waals surface area contributed by atoms with Crippen molar-refractivity contribution in [3.05, 3.63) is 17.0 Å². The number of piperazine rings is 1. The summed E-state index contributed by atoms with van der Waals surface area (Å²) in [6.07, 6.45) is -4.38. The summed E-state index contributed by atoms with van der Waals surface area (Å²) in [6.45, 7) is 5.10. The number of alkyl halides is 3. The Morgan fingerprint density at radius 1 is 1.29 bits per heavy atom. The highest BCUT2D eigenvalue weighted by molar-refractivity contribution is 5.26. The minimum Gasteiger partial charge on any atom is -0.314 e. The Morgan fingerprint density at radius 3 is 2.53 bits per heavy atom. The van der Waals surface area contributed by atoms with Gasteiger partial charge in [-0.1, -0.05) is 0 Å². The fourth-order valence-electron chi connectivity index (χ4n) is 1.97. The number of H-pyrrole nitrogens is 1. The lowest BCUT2D eigenvalue weighted by atomic mass is 10.1. The van der Waals surface area contributed by atoms with Gasteiger partial charge in [-0.05, 0) is 6.92 Å². The summed E-state index contributed by atoms with van der Waals surface area (Å²) >= 11 is 0. The summed E-state index contributed by atoms with van der Waals surface area (Å²) in [5.74, 6) is 0. The van der Waals surface area contributed by atoms with E-state index in [4.69, 9.17) is 0 Å². The molecule has 2 N–H and O–H groups in total. The number of hydrogen-bond donors (Lipinski definition) is 2. The molecule has 0 radical (unpaired) electrons. The third kappa shape index (κ3) is 2.78. The van der Waals surface area contributed by atoms with Crippen molar-refractivity contribution >= 4 is 0 Å². The summed E-state index contributed by atoms with van der Waals surface area (Å²) in [7, 11) is 0. The molecule has 1 aliphatic heterocycles. The van der Waals surface area contributed by atoms with E-state index in [1.165, 1.54) is 0 Å².